The molecular formula is C14H27N3O3S. The highest BCUT2D eigenvalue weighted by Crippen LogP contribution is 2.71. The molecule has 1 aliphatic carbocycles. The molecule has 0 saturated heterocycles. The number of rotatable bonds is 8. The second-order valence-corrected chi connectivity index (χ2v) is 8.45. The summed E-state index contributed by atoms with van der Waals surface area (Å²) in [5, 5.41) is 8.69. The van der Waals surface area contributed by atoms with Crippen molar-refractivity contribution < 1.29 is 13.2 Å². The average molecular weight is 317 g/mol. The molecule has 1 N–H and O–H groups in total. The van der Waals surface area contributed by atoms with Crippen molar-refractivity contribution in [3.63, 3.8) is 0 Å². The van der Waals surface area contributed by atoms with E-state index >= 15 is 0 Å². The summed E-state index contributed by atoms with van der Waals surface area (Å²) in [5.74, 6) is 0. The Kier molecular flexibility index (Phi) is 5.11. The zero-order valence-corrected chi connectivity index (χ0v) is 14.7. The molecule has 21 heavy (non-hydrogen) atoms. The molecule has 1 rings (SSSR count). The van der Waals surface area contributed by atoms with Crippen LogP contribution in [0.4, 0.5) is 0 Å². The third-order valence-electron chi connectivity index (χ3n) is 5.69. The van der Waals surface area contributed by atoms with Crippen molar-refractivity contribution in [1.29, 1.82) is 5.26 Å². The molecule has 0 atom stereocenters. The summed E-state index contributed by atoms with van der Waals surface area (Å²) >= 11 is 0. The van der Waals surface area contributed by atoms with E-state index in [9.17, 15) is 8.42 Å². The molecule has 0 spiro atoms. The van der Waals surface area contributed by atoms with Crippen LogP contribution >= 0.6 is 0 Å². The summed E-state index contributed by atoms with van der Waals surface area (Å²) in [7, 11) is -2.13. The third kappa shape index (κ3) is 2.95. The van der Waals surface area contributed by atoms with Crippen LogP contribution in [0.25, 0.3) is 0 Å². The van der Waals surface area contributed by atoms with Crippen LogP contribution in [0.2, 0.25) is 0 Å². The minimum absolute atomic E-state index is 0.130. The highest BCUT2D eigenvalue weighted by Gasteiger charge is 2.75. The van der Waals surface area contributed by atoms with E-state index in [2.05, 4.69) is 32.4 Å². The first-order chi connectivity index (χ1) is 9.48. The minimum atomic E-state index is -3.65. The number of ether oxygens (including phenoxy) is 1. The average Bonchev–Trinajstić information content (AvgIpc) is 2.65. The Bertz CT molecular complexity index is 506. The first kappa shape index (κ1) is 18.4. The lowest BCUT2D eigenvalue weighted by Gasteiger charge is -2.26. The van der Waals surface area contributed by atoms with E-state index in [0.717, 1.165) is 0 Å². The zero-order valence-electron chi connectivity index (χ0n) is 13.9. The van der Waals surface area contributed by atoms with Crippen LogP contribution < -0.4 is 4.72 Å². The van der Waals surface area contributed by atoms with Gasteiger partial charge in [0.25, 0.3) is 10.2 Å². The highest BCUT2D eigenvalue weighted by atomic mass is 32.2. The lowest BCUT2D eigenvalue weighted by Crippen LogP contribution is -2.49. The van der Waals surface area contributed by atoms with Crippen molar-refractivity contribution in [2.75, 3.05) is 26.8 Å². The van der Waals surface area contributed by atoms with Gasteiger partial charge in [-0.2, -0.15) is 22.7 Å². The first-order valence-corrected chi connectivity index (χ1v) is 8.57. The van der Waals surface area contributed by atoms with Gasteiger partial charge >= 0.3 is 0 Å². The number of nitriles is 1. The standard InChI is InChI=1S/C14H27N3O3S/c1-12(2)13(3,4)14(12,5)16-21(18,19)17(9-7-8-15)10-11-20-6/h16H,7,9-11H2,1-6H3. The Morgan fingerprint density at radius 3 is 2.05 bits per heavy atom. The first-order valence-electron chi connectivity index (χ1n) is 7.13. The monoisotopic (exact) mass is 317 g/mol. The third-order valence-corrected chi connectivity index (χ3v) is 7.40. The van der Waals surface area contributed by atoms with Crippen molar-refractivity contribution in [1.82, 2.24) is 9.03 Å². The molecule has 0 amide bonds. The smallest absolute Gasteiger partial charge is 0.280 e. The van der Waals surface area contributed by atoms with E-state index in [1.54, 1.807) is 0 Å². The van der Waals surface area contributed by atoms with Crippen LogP contribution in [0, 0.1) is 22.2 Å². The zero-order chi connectivity index (χ0) is 16.5. The Morgan fingerprint density at radius 2 is 1.67 bits per heavy atom. The second-order valence-electron chi connectivity index (χ2n) is 6.78. The lowest BCUT2D eigenvalue weighted by molar-refractivity contribution is 0.178. The summed E-state index contributed by atoms with van der Waals surface area (Å²) in [5.41, 5.74) is -0.763. The van der Waals surface area contributed by atoms with Gasteiger partial charge in [0.15, 0.2) is 0 Å². The lowest BCUT2D eigenvalue weighted by atomic mass is 10.0. The van der Waals surface area contributed by atoms with Crippen LogP contribution in [0.3, 0.4) is 0 Å². The molecule has 0 unspecified atom stereocenters. The Hall–Kier alpha value is -0.680. The molecule has 0 aliphatic heterocycles. The fourth-order valence-electron chi connectivity index (χ4n) is 2.89. The molecular weight excluding hydrogens is 290 g/mol. The van der Waals surface area contributed by atoms with Gasteiger partial charge in [-0.05, 0) is 17.8 Å². The van der Waals surface area contributed by atoms with Gasteiger partial charge in [-0.25, -0.2) is 0 Å². The van der Waals surface area contributed by atoms with Crippen LogP contribution in [0.1, 0.15) is 41.0 Å². The summed E-state index contributed by atoms with van der Waals surface area (Å²) in [6.07, 6.45) is 0.161. The van der Waals surface area contributed by atoms with E-state index < -0.39 is 15.7 Å². The molecule has 1 aliphatic rings. The van der Waals surface area contributed by atoms with Gasteiger partial charge < -0.3 is 4.74 Å². The van der Waals surface area contributed by atoms with Crippen LogP contribution in [-0.4, -0.2) is 45.1 Å². The van der Waals surface area contributed by atoms with Crippen LogP contribution in [0.15, 0.2) is 0 Å². The highest BCUT2D eigenvalue weighted by molar-refractivity contribution is 7.87. The molecule has 122 valence electrons. The number of nitrogens with zero attached hydrogens (tertiary/aromatic N) is 2. The molecule has 6 nitrogen and oxygen atoms in total. The van der Waals surface area contributed by atoms with E-state index in [0.29, 0.717) is 6.61 Å². The van der Waals surface area contributed by atoms with Gasteiger partial charge in [-0.3, -0.25) is 0 Å². The number of hydrogen-bond donors (Lipinski definition) is 1. The van der Waals surface area contributed by atoms with Crippen molar-refractivity contribution in [2.24, 2.45) is 10.8 Å². The fourth-order valence-corrected chi connectivity index (χ4v) is 4.69. The summed E-state index contributed by atoms with van der Waals surface area (Å²) in [4.78, 5) is 0. The van der Waals surface area contributed by atoms with Gasteiger partial charge in [0.05, 0.1) is 12.7 Å². The number of hydrogen-bond acceptors (Lipinski definition) is 4. The van der Waals surface area contributed by atoms with Crippen molar-refractivity contribution in [3.05, 3.63) is 0 Å². The maximum absolute atomic E-state index is 12.6. The number of nitrogens with one attached hydrogen (secondary N) is 1. The van der Waals surface area contributed by atoms with Gasteiger partial charge in [-0.15, -0.1) is 0 Å². The van der Waals surface area contributed by atoms with Gasteiger partial charge in [0, 0.05) is 32.2 Å². The maximum atomic E-state index is 12.6. The largest absolute Gasteiger partial charge is 0.383 e. The topological polar surface area (TPSA) is 82.4 Å². The van der Waals surface area contributed by atoms with Crippen molar-refractivity contribution in [2.45, 2.75) is 46.6 Å². The molecule has 0 aromatic carbocycles. The number of methoxy groups -OCH3 is 1. The normalized spacial score (nSPS) is 22.0. The van der Waals surface area contributed by atoms with Crippen LogP contribution in [0.5, 0.6) is 0 Å². The second kappa shape index (κ2) is 5.84. The molecule has 0 radical (unpaired) electrons. The Balaban J connectivity index is 2.91. The summed E-state index contributed by atoms with van der Waals surface area (Å²) in [6.45, 7) is 10.9. The fraction of sp³-hybridized carbons (Fsp3) is 0.929. The van der Waals surface area contributed by atoms with Gasteiger partial charge in [0.1, 0.15) is 0 Å². The molecule has 1 fully saturated rings. The SMILES string of the molecule is COCCN(CCC#N)S(=O)(=O)NC1(C)C(C)(C)C1(C)C. The van der Waals surface area contributed by atoms with Crippen molar-refractivity contribution in [3.8, 4) is 6.07 Å². The predicted octanol–water partition coefficient (Wildman–Crippen LogP) is 1.51. The van der Waals surface area contributed by atoms with E-state index in [-0.39, 0.29) is 30.3 Å². The summed E-state index contributed by atoms with van der Waals surface area (Å²) < 4.78 is 34.3. The van der Waals surface area contributed by atoms with Crippen LogP contribution in [-0.2, 0) is 14.9 Å². The Labute approximate surface area is 128 Å². The molecule has 7 heteroatoms. The quantitative estimate of drug-likeness (QED) is 0.735. The van der Waals surface area contributed by atoms with E-state index in [4.69, 9.17) is 10.00 Å². The predicted molar refractivity (Wildman–Crippen MR) is 81.7 cm³/mol. The summed E-state index contributed by atoms with van der Waals surface area (Å²) in [6, 6.07) is 1.98. The molecule has 0 aromatic heterocycles. The molecule has 0 bridgehead atoms. The maximum Gasteiger partial charge on any atom is 0.280 e. The van der Waals surface area contributed by atoms with E-state index in [1.165, 1.54) is 11.4 Å². The molecule has 1 saturated carbocycles. The van der Waals surface area contributed by atoms with Crippen molar-refractivity contribution >= 4 is 10.2 Å². The van der Waals surface area contributed by atoms with Gasteiger partial charge in [0.2, 0.25) is 0 Å². The minimum Gasteiger partial charge on any atom is -0.383 e. The molecule has 0 aromatic rings. The van der Waals surface area contributed by atoms with E-state index in [1.807, 2.05) is 13.0 Å². The Morgan fingerprint density at radius 1 is 1.14 bits per heavy atom. The molecule has 0 heterocycles. The van der Waals surface area contributed by atoms with Gasteiger partial charge in [-0.1, -0.05) is 27.7 Å².